The van der Waals surface area contributed by atoms with Crippen molar-refractivity contribution < 1.29 is 43.3 Å². The maximum Gasteiger partial charge on any atom is 0.308 e. The molecule has 1 N–H and O–H groups in total. The van der Waals surface area contributed by atoms with Crippen LogP contribution in [0.25, 0.3) is 0 Å². The number of phenols is 1. The largest absolute Gasteiger partial charge is 0.507 e. The first-order valence-corrected chi connectivity index (χ1v) is 6.88. The van der Waals surface area contributed by atoms with Gasteiger partial charge in [0.2, 0.25) is 23.1 Å². The van der Waals surface area contributed by atoms with Crippen molar-refractivity contribution in [1.82, 2.24) is 0 Å². The monoisotopic (exact) mass is 348 g/mol. The number of allylic oxidation sites excluding steroid dienone is 2. The van der Waals surface area contributed by atoms with E-state index in [0.29, 0.717) is 0 Å². The fourth-order valence-corrected chi connectivity index (χ4v) is 2.17. The highest BCUT2D eigenvalue weighted by atomic mass is 16.6. The smallest absolute Gasteiger partial charge is 0.308 e. The molecule has 0 fully saturated rings. The van der Waals surface area contributed by atoms with Crippen LogP contribution in [0, 0.1) is 0 Å². The molecule has 0 aromatic heterocycles. The number of rotatable bonds is 3. The van der Waals surface area contributed by atoms with Crippen LogP contribution in [-0.2, 0) is 23.9 Å². The number of hydrogen-bond donors (Lipinski definition) is 1. The standard InChI is InChI=1S/C16H12O9/c1-6(17)23-10-5-4-9(20)11-12(10)14(22)16(25-8(3)19)15(13(11)21)24-7(2)18/h4-5,20H,1-3H3. The number of phenolic OH excluding ortho intramolecular Hbond substituents is 1. The first-order chi connectivity index (χ1) is 11.6. The topological polar surface area (TPSA) is 133 Å². The van der Waals surface area contributed by atoms with Crippen molar-refractivity contribution in [2.45, 2.75) is 20.8 Å². The molecule has 0 aliphatic heterocycles. The van der Waals surface area contributed by atoms with E-state index in [1.807, 2.05) is 0 Å². The quantitative estimate of drug-likeness (QED) is 0.628. The summed E-state index contributed by atoms with van der Waals surface area (Å²) in [6.07, 6.45) is 0. The summed E-state index contributed by atoms with van der Waals surface area (Å²) in [7, 11) is 0. The van der Waals surface area contributed by atoms with Gasteiger partial charge in [0.15, 0.2) is 0 Å². The Kier molecular flexibility index (Phi) is 4.68. The maximum atomic E-state index is 12.7. The summed E-state index contributed by atoms with van der Waals surface area (Å²) in [4.78, 5) is 58.9. The number of ether oxygens (including phenoxy) is 3. The first-order valence-electron chi connectivity index (χ1n) is 6.88. The molecule has 0 spiro atoms. The van der Waals surface area contributed by atoms with Crippen molar-refractivity contribution in [3.8, 4) is 11.5 Å². The van der Waals surface area contributed by atoms with E-state index in [1.165, 1.54) is 0 Å². The van der Waals surface area contributed by atoms with E-state index >= 15 is 0 Å². The van der Waals surface area contributed by atoms with Gasteiger partial charge in [-0.3, -0.25) is 24.0 Å². The Hall–Kier alpha value is -3.49. The molecule has 1 aromatic carbocycles. The van der Waals surface area contributed by atoms with Crippen molar-refractivity contribution in [2.75, 3.05) is 0 Å². The van der Waals surface area contributed by atoms with Crippen LogP contribution in [0.5, 0.6) is 11.5 Å². The normalized spacial score (nSPS) is 13.2. The highest BCUT2D eigenvalue weighted by molar-refractivity contribution is 6.28. The molecule has 0 atom stereocenters. The first kappa shape index (κ1) is 17.9. The molecule has 0 saturated heterocycles. The summed E-state index contributed by atoms with van der Waals surface area (Å²) in [6.45, 7) is 3.02. The molecule has 0 unspecified atom stereocenters. The Bertz CT molecular complexity index is 861. The van der Waals surface area contributed by atoms with Crippen molar-refractivity contribution >= 4 is 29.5 Å². The Morgan fingerprint density at radius 2 is 1.20 bits per heavy atom. The average Bonchev–Trinajstić information content (AvgIpc) is 2.48. The van der Waals surface area contributed by atoms with E-state index in [9.17, 15) is 29.1 Å². The molecule has 130 valence electrons. The number of ketones is 2. The Labute approximate surface area is 140 Å². The molecule has 1 aliphatic carbocycles. The van der Waals surface area contributed by atoms with E-state index in [2.05, 4.69) is 0 Å². The lowest BCUT2D eigenvalue weighted by molar-refractivity contribution is -0.140. The average molecular weight is 348 g/mol. The fraction of sp³-hybridized carbons (Fsp3) is 0.188. The number of carbonyl (C=O) groups is 5. The van der Waals surface area contributed by atoms with Gasteiger partial charge in [0.1, 0.15) is 11.5 Å². The van der Waals surface area contributed by atoms with Crippen molar-refractivity contribution in [1.29, 1.82) is 0 Å². The third-order valence-corrected chi connectivity index (χ3v) is 2.96. The van der Waals surface area contributed by atoms with Gasteiger partial charge in [-0.2, -0.15) is 0 Å². The number of benzene rings is 1. The third kappa shape index (κ3) is 3.39. The second kappa shape index (κ2) is 6.56. The number of hydrogen-bond acceptors (Lipinski definition) is 9. The highest BCUT2D eigenvalue weighted by Crippen LogP contribution is 2.38. The third-order valence-electron chi connectivity index (χ3n) is 2.96. The summed E-state index contributed by atoms with van der Waals surface area (Å²) in [5.41, 5.74) is -1.01. The number of Topliss-reactive ketones (excluding diaryl/α,β-unsaturated/α-hetero) is 2. The van der Waals surface area contributed by atoms with Gasteiger partial charge >= 0.3 is 17.9 Å². The summed E-state index contributed by atoms with van der Waals surface area (Å²) in [5, 5.41) is 9.94. The number of carbonyl (C=O) groups excluding carboxylic acids is 5. The fourth-order valence-electron chi connectivity index (χ4n) is 2.17. The van der Waals surface area contributed by atoms with Crippen LogP contribution in [0.4, 0.5) is 0 Å². The highest BCUT2D eigenvalue weighted by Gasteiger charge is 2.41. The molecule has 9 heteroatoms. The number of esters is 3. The minimum atomic E-state index is -1.08. The van der Waals surface area contributed by atoms with Gasteiger partial charge in [0, 0.05) is 20.8 Å². The minimum Gasteiger partial charge on any atom is -0.507 e. The van der Waals surface area contributed by atoms with Gasteiger partial charge in [0.25, 0.3) is 0 Å². The summed E-state index contributed by atoms with van der Waals surface area (Å²) < 4.78 is 14.3. The number of aromatic hydroxyl groups is 1. The molecule has 1 aliphatic rings. The van der Waals surface area contributed by atoms with Crippen LogP contribution in [-0.4, -0.2) is 34.6 Å². The van der Waals surface area contributed by atoms with Gasteiger partial charge in [0.05, 0.1) is 11.1 Å². The summed E-state index contributed by atoms with van der Waals surface area (Å²) in [6, 6.07) is 2.13. The Morgan fingerprint density at radius 3 is 1.64 bits per heavy atom. The molecule has 0 amide bonds. The molecule has 0 saturated carbocycles. The molecular formula is C16H12O9. The maximum absolute atomic E-state index is 12.7. The van der Waals surface area contributed by atoms with E-state index in [4.69, 9.17) is 14.2 Å². The van der Waals surface area contributed by atoms with Crippen LogP contribution in [0.2, 0.25) is 0 Å². The van der Waals surface area contributed by atoms with Gasteiger partial charge < -0.3 is 19.3 Å². The lowest BCUT2D eigenvalue weighted by Gasteiger charge is -2.21. The molecule has 0 bridgehead atoms. The van der Waals surface area contributed by atoms with E-state index in [1.54, 1.807) is 0 Å². The van der Waals surface area contributed by atoms with Crippen LogP contribution in [0.15, 0.2) is 23.7 Å². The molecular weight excluding hydrogens is 336 g/mol. The predicted octanol–water partition coefficient (Wildman–Crippen LogP) is 1.03. The molecule has 0 radical (unpaired) electrons. The zero-order chi connectivity index (χ0) is 18.9. The molecule has 1 aromatic rings. The second-order valence-electron chi connectivity index (χ2n) is 4.93. The van der Waals surface area contributed by atoms with E-state index in [-0.39, 0.29) is 5.75 Å². The van der Waals surface area contributed by atoms with E-state index < -0.39 is 57.9 Å². The molecule has 2 rings (SSSR count). The molecule has 0 heterocycles. The van der Waals surface area contributed by atoms with Gasteiger partial charge in [-0.25, -0.2) is 0 Å². The molecule has 9 nitrogen and oxygen atoms in total. The van der Waals surface area contributed by atoms with Crippen LogP contribution < -0.4 is 4.74 Å². The Balaban J connectivity index is 2.75. The second-order valence-corrected chi connectivity index (χ2v) is 4.93. The van der Waals surface area contributed by atoms with Gasteiger partial charge in [-0.05, 0) is 12.1 Å². The van der Waals surface area contributed by atoms with Crippen LogP contribution in [0.3, 0.4) is 0 Å². The SMILES string of the molecule is CC(=O)OC1=C(OC(C)=O)C(=O)c2c(OC(C)=O)ccc(O)c2C1=O. The predicted molar refractivity (Wildman–Crippen MR) is 78.6 cm³/mol. The number of fused-ring (bicyclic) bond motifs is 1. The summed E-state index contributed by atoms with van der Waals surface area (Å²) in [5.74, 6) is -7.40. The van der Waals surface area contributed by atoms with Gasteiger partial charge in [-0.1, -0.05) is 0 Å². The summed E-state index contributed by atoms with van der Waals surface area (Å²) >= 11 is 0. The van der Waals surface area contributed by atoms with Crippen molar-refractivity contribution in [3.05, 3.63) is 34.8 Å². The van der Waals surface area contributed by atoms with Crippen LogP contribution in [0.1, 0.15) is 41.5 Å². The van der Waals surface area contributed by atoms with Crippen LogP contribution >= 0.6 is 0 Å². The Morgan fingerprint density at radius 1 is 0.760 bits per heavy atom. The minimum absolute atomic E-state index is 0.315. The van der Waals surface area contributed by atoms with Crippen molar-refractivity contribution in [2.24, 2.45) is 0 Å². The zero-order valence-corrected chi connectivity index (χ0v) is 13.4. The van der Waals surface area contributed by atoms with Gasteiger partial charge in [-0.15, -0.1) is 0 Å². The van der Waals surface area contributed by atoms with E-state index in [0.717, 1.165) is 32.9 Å². The zero-order valence-electron chi connectivity index (χ0n) is 13.4. The lowest BCUT2D eigenvalue weighted by atomic mass is 9.90. The molecule has 25 heavy (non-hydrogen) atoms. The van der Waals surface area contributed by atoms with Crippen molar-refractivity contribution in [3.63, 3.8) is 0 Å². The lowest BCUT2D eigenvalue weighted by Crippen LogP contribution is -2.28.